The van der Waals surface area contributed by atoms with E-state index in [1.807, 2.05) is 0 Å². The van der Waals surface area contributed by atoms with Gasteiger partial charge in [-0.3, -0.25) is 4.79 Å². The topological polar surface area (TPSA) is 102 Å². The van der Waals surface area contributed by atoms with Crippen molar-refractivity contribution in [3.05, 3.63) is 23.8 Å². The molecule has 6 heteroatoms. The summed E-state index contributed by atoms with van der Waals surface area (Å²) in [6.07, 6.45) is 1.61. The molecule has 1 aromatic carbocycles. The number of benzene rings is 1. The Bertz CT molecular complexity index is 554. The highest BCUT2D eigenvalue weighted by Gasteiger charge is 2.48. The average molecular weight is 278 g/mol. The van der Waals surface area contributed by atoms with E-state index in [-0.39, 0.29) is 17.2 Å². The maximum absolute atomic E-state index is 12.2. The van der Waals surface area contributed by atoms with Crippen LogP contribution in [0.15, 0.2) is 18.2 Å². The number of anilines is 1. The Morgan fingerprint density at radius 2 is 2.10 bits per heavy atom. The summed E-state index contributed by atoms with van der Waals surface area (Å²) in [5, 5.41) is 11.9. The molecule has 1 aliphatic rings. The second kappa shape index (κ2) is 5.03. The number of carbonyl (C=O) groups is 2. The third kappa shape index (κ3) is 2.54. The van der Waals surface area contributed by atoms with Crippen LogP contribution in [0, 0.1) is 5.92 Å². The summed E-state index contributed by atoms with van der Waals surface area (Å²) in [4.78, 5) is 23.6. The lowest BCUT2D eigenvalue weighted by atomic mass is 9.95. The predicted octanol–water partition coefficient (Wildman–Crippen LogP) is 1.26. The van der Waals surface area contributed by atoms with Crippen LogP contribution < -0.4 is 15.8 Å². The van der Waals surface area contributed by atoms with Crippen LogP contribution in [-0.4, -0.2) is 29.6 Å². The number of methoxy groups -OCH3 is 1. The molecule has 20 heavy (non-hydrogen) atoms. The molecule has 2 rings (SSSR count). The minimum Gasteiger partial charge on any atom is -0.497 e. The Kier molecular flexibility index (Phi) is 3.57. The highest BCUT2D eigenvalue weighted by atomic mass is 16.5. The summed E-state index contributed by atoms with van der Waals surface area (Å²) in [7, 11) is 1.50. The Hall–Kier alpha value is -2.24. The molecule has 1 aliphatic carbocycles. The fraction of sp³-hybridized carbons (Fsp3) is 0.429. The molecular weight excluding hydrogens is 260 g/mol. The number of carboxylic acid groups (broad SMARTS) is 1. The van der Waals surface area contributed by atoms with Gasteiger partial charge in [0.15, 0.2) is 0 Å². The quantitative estimate of drug-likeness (QED) is 0.704. The molecule has 1 aromatic rings. The van der Waals surface area contributed by atoms with Gasteiger partial charge in [0, 0.05) is 11.8 Å². The maximum Gasteiger partial charge on any atom is 0.329 e. The van der Waals surface area contributed by atoms with E-state index < -0.39 is 17.4 Å². The van der Waals surface area contributed by atoms with Crippen molar-refractivity contribution in [1.82, 2.24) is 5.32 Å². The van der Waals surface area contributed by atoms with Gasteiger partial charge in [-0.05, 0) is 37.8 Å². The number of ether oxygens (including phenoxy) is 1. The van der Waals surface area contributed by atoms with Crippen molar-refractivity contribution >= 4 is 17.6 Å². The number of aliphatic carboxylic acids is 1. The highest BCUT2D eigenvalue weighted by Crippen LogP contribution is 2.40. The fourth-order valence-electron chi connectivity index (χ4n) is 2.17. The molecule has 1 fully saturated rings. The minimum atomic E-state index is -1.25. The number of nitrogens with one attached hydrogen (secondary N) is 1. The number of carbonyl (C=O) groups excluding carboxylic acids is 1. The largest absolute Gasteiger partial charge is 0.497 e. The third-order valence-electron chi connectivity index (χ3n) is 3.71. The van der Waals surface area contributed by atoms with Crippen molar-refractivity contribution in [3.8, 4) is 5.75 Å². The molecular formula is C14H18N2O4. The molecule has 4 N–H and O–H groups in total. The molecule has 0 aromatic heterocycles. The summed E-state index contributed by atoms with van der Waals surface area (Å²) in [6, 6.07) is 4.67. The molecule has 1 amide bonds. The van der Waals surface area contributed by atoms with E-state index in [1.165, 1.54) is 26.2 Å². The zero-order chi connectivity index (χ0) is 14.9. The number of rotatable bonds is 5. The van der Waals surface area contributed by atoms with Gasteiger partial charge in [0.2, 0.25) is 0 Å². The van der Waals surface area contributed by atoms with Gasteiger partial charge >= 0.3 is 5.97 Å². The van der Waals surface area contributed by atoms with Gasteiger partial charge in [-0.2, -0.15) is 0 Å². The SMILES string of the molecule is COc1ccc(C(=O)NC(C)(C(=O)O)C2CC2)c(N)c1. The molecule has 1 unspecified atom stereocenters. The normalized spacial score (nSPS) is 17.1. The summed E-state index contributed by atoms with van der Waals surface area (Å²) < 4.78 is 5.01. The molecule has 1 saturated carbocycles. The second-order valence-electron chi connectivity index (χ2n) is 5.19. The number of amides is 1. The first-order chi connectivity index (χ1) is 9.38. The number of hydrogen-bond donors (Lipinski definition) is 3. The molecule has 0 aliphatic heterocycles. The predicted molar refractivity (Wildman–Crippen MR) is 73.6 cm³/mol. The zero-order valence-electron chi connectivity index (χ0n) is 11.5. The van der Waals surface area contributed by atoms with Crippen LogP contribution in [0.2, 0.25) is 0 Å². The second-order valence-corrected chi connectivity index (χ2v) is 5.19. The van der Waals surface area contributed by atoms with Crippen molar-refractivity contribution in [2.75, 3.05) is 12.8 Å². The number of hydrogen-bond acceptors (Lipinski definition) is 4. The average Bonchev–Trinajstić information content (AvgIpc) is 3.22. The molecule has 108 valence electrons. The van der Waals surface area contributed by atoms with Crippen LogP contribution >= 0.6 is 0 Å². The van der Waals surface area contributed by atoms with Crippen molar-refractivity contribution in [1.29, 1.82) is 0 Å². The van der Waals surface area contributed by atoms with E-state index in [2.05, 4.69) is 5.32 Å². The molecule has 0 bridgehead atoms. The zero-order valence-corrected chi connectivity index (χ0v) is 11.5. The van der Waals surface area contributed by atoms with E-state index in [1.54, 1.807) is 6.07 Å². The van der Waals surface area contributed by atoms with E-state index in [9.17, 15) is 14.7 Å². The van der Waals surface area contributed by atoms with Crippen molar-refractivity contribution in [2.24, 2.45) is 5.92 Å². The number of nitrogen functional groups attached to an aromatic ring is 1. The van der Waals surface area contributed by atoms with Gasteiger partial charge in [0.1, 0.15) is 11.3 Å². The Balaban J connectivity index is 2.21. The van der Waals surface area contributed by atoms with Crippen molar-refractivity contribution in [3.63, 3.8) is 0 Å². The lowest BCUT2D eigenvalue weighted by Gasteiger charge is -2.26. The van der Waals surface area contributed by atoms with Gasteiger partial charge in [-0.25, -0.2) is 4.79 Å². The highest BCUT2D eigenvalue weighted by molar-refractivity contribution is 6.02. The lowest BCUT2D eigenvalue weighted by Crippen LogP contribution is -2.54. The smallest absolute Gasteiger partial charge is 0.329 e. The summed E-state index contributed by atoms with van der Waals surface area (Å²) in [5.74, 6) is -0.993. The minimum absolute atomic E-state index is 0.0246. The first-order valence-electron chi connectivity index (χ1n) is 6.38. The van der Waals surface area contributed by atoms with E-state index in [0.29, 0.717) is 5.75 Å². The van der Waals surface area contributed by atoms with Crippen LogP contribution in [0.4, 0.5) is 5.69 Å². The van der Waals surface area contributed by atoms with Crippen LogP contribution in [0.25, 0.3) is 0 Å². The molecule has 1 atom stereocenters. The van der Waals surface area contributed by atoms with Gasteiger partial charge in [0.25, 0.3) is 5.91 Å². The Morgan fingerprint density at radius 3 is 2.55 bits per heavy atom. The molecule has 6 nitrogen and oxygen atoms in total. The monoisotopic (exact) mass is 278 g/mol. The maximum atomic E-state index is 12.2. The standard InChI is InChI=1S/C14H18N2O4/c1-14(13(18)19,8-3-4-8)16-12(17)10-6-5-9(20-2)7-11(10)15/h5-8H,3-4,15H2,1-2H3,(H,16,17)(H,18,19). The number of carboxylic acids is 1. The van der Waals surface area contributed by atoms with Crippen LogP contribution in [-0.2, 0) is 4.79 Å². The summed E-state index contributed by atoms with van der Waals surface area (Å²) in [5.41, 5.74) is 5.05. The van der Waals surface area contributed by atoms with E-state index >= 15 is 0 Å². The first-order valence-corrected chi connectivity index (χ1v) is 6.38. The van der Waals surface area contributed by atoms with E-state index in [4.69, 9.17) is 10.5 Å². The Morgan fingerprint density at radius 1 is 1.45 bits per heavy atom. The Labute approximate surface area is 116 Å². The third-order valence-corrected chi connectivity index (χ3v) is 3.71. The van der Waals surface area contributed by atoms with Gasteiger partial charge in [0.05, 0.1) is 12.7 Å². The first kappa shape index (κ1) is 14.2. The van der Waals surface area contributed by atoms with Gasteiger partial charge < -0.3 is 20.9 Å². The number of nitrogens with two attached hydrogens (primary N) is 1. The molecule has 0 spiro atoms. The fourth-order valence-corrected chi connectivity index (χ4v) is 2.17. The van der Waals surface area contributed by atoms with Crippen molar-refractivity contribution in [2.45, 2.75) is 25.3 Å². The molecule has 0 heterocycles. The van der Waals surface area contributed by atoms with Crippen LogP contribution in [0.5, 0.6) is 5.75 Å². The van der Waals surface area contributed by atoms with E-state index in [0.717, 1.165) is 12.8 Å². The lowest BCUT2D eigenvalue weighted by molar-refractivity contribution is -0.144. The van der Waals surface area contributed by atoms with Crippen LogP contribution in [0.1, 0.15) is 30.1 Å². The van der Waals surface area contributed by atoms with Gasteiger partial charge in [-0.15, -0.1) is 0 Å². The van der Waals surface area contributed by atoms with Crippen molar-refractivity contribution < 1.29 is 19.4 Å². The summed E-state index contributed by atoms with van der Waals surface area (Å²) in [6.45, 7) is 1.53. The van der Waals surface area contributed by atoms with Gasteiger partial charge in [-0.1, -0.05) is 0 Å². The van der Waals surface area contributed by atoms with Crippen LogP contribution in [0.3, 0.4) is 0 Å². The molecule has 0 saturated heterocycles. The molecule has 0 radical (unpaired) electrons. The summed E-state index contributed by atoms with van der Waals surface area (Å²) >= 11 is 0.